The first-order valence-electron chi connectivity index (χ1n) is 12.0. The minimum Gasteiger partial charge on any atom is -0.295 e. The highest BCUT2D eigenvalue weighted by Crippen LogP contribution is 2.36. The van der Waals surface area contributed by atoms with Crippen molar-refractivity contribution in [2.45, 2.75) is 38.5 Å². The third kappa shape index (κ3) is 2.98. The van der Waals surface area contributed by atoms with E-state index in [-0.39, 0.29) is 17.5 Å². The fourth-order valence-corrected chi connectivity index (χ4v) is 5.90. The van der Waals surface area contributed by atoms with Crippen molar-refractivity contribution in [3.8, 4) is 0 Å². The van der Waals surface area contributed by atoms with Crippen molar-refractivity contribution >= 4 is 39.3 Å². The molecule has 1 aliphatic carbocycles. The zero-order valence-corrected chi connectivity index (χ0v) is 19.5. The summed E-state index contributed by atoms with van der Waals surface area (Å²) in [6.07, 6.45) is 7.40. The molecule has 1 fully saturated rings. The lowest BCUT2D eigenvalue weighted by atomic mass is 9.88. The van der Waals surface area contributed by atoms with Crippen molar-refractivity contribution in [2.24, 2.45) is 20.0 Å². The molecule has 0 unspecified atom stereocenters. The first kappa shape index (κ1) is 20.9. The van der Waals surface area contributed by atoms with Gasteiger partial charge in [-0.25, -0.2) is 9.69 Å². The molecule has 0 radical (unpaired) electrons. The van der Waals surface area contributed by atoms with Gasteiger partial charge in [0, 0.05) is 30.6 Å². The summed E-state index contributed by atoms with van der Waals surface area (Å²) >= 11 is 0. The van der Waals surface area contributed by atoms with Crippen LogP contribution in [0.2, 0.25) is 0 Å². The summed E-state index contributed by atoms with van der Waals surface area (Å²) in [4.78, 5) is 40.8. The van der Waals surface area contributed by atoms with Crippen molar-refractivity contribution in [1.29, 1.82) is 0 Å². The second-order valence-corrected chi connectivity index (χ2v) is 9.71. The summed E-state index contributed by atoms with van der Waals surface area (Å²) < 4.78 is 3.09. The highest BCUT2D eigenvalue weighted by Gasteiger charge is 2.34. The normalized spacial score (nSPS) is 16.4. The third-order valence-electron chi connectivity index (χ3n) is 7.81. The standard InChI is InChI=1S/C28H27N3O3/c1-29-23-15-13-19(16-24(23)30(2)28(29)34)31-26(32)21-9-5-8-20-18(11-10-17-6-3-4-7-17)12-14-22(25(20)21)27(31)33/h5,8-9,12-17H,3-4,6-7,10-11H2,1-2H3. The van der Waals surface area contributed by atoms with Gasteiger partial charge in [-0.1, -0.05) is 43.9 Å². The maximum absolute atomic E-state index is 13.6. The van der Waals surface area contributed by atoms with Crippen LogP contribution in [0.1, 0.15) is 58.4 Å². The predicted molar refractivity (Wildman–Crippen MR) is 134 cm³/mol. The molecule has 6 heteroatoms. The number of imide groups is 1. The van der Waals surface area contributed by atoms with Crippen LogP contribution in [-0.2, 0) is 20.5 Å². The van der Waals surface area contributed by atoms with Crippen molar-refractivity contribution in [3.63, 3.8) is 0 Å². The molecule has 1 aliphatic heterocycles. The number of rotatable bonds is 4. The molecular formula is C28H27N3O3. The van der Waals surface area contributed by atoms with Gasteiger partial charge in [0.2, 0.25) is 0 Å². The van der Waals surface area contributed by atoms with Crippen LogP contribution in [0.5, 0.6) is 0 Å². The van der Waals surface area contributed by atoms with Crippen LogP contribution >= 0.6 is 0 Å². The molecule has 0 atom stereocenters. The fraction of sp³-hybridized carbons (Fsp3) is 0.321. The molecule has 4 aromatic rings. The Balaban J connectivity index is 1.43. The van der Waals surface area contributed by atoms with Crippen molar-refractivity contribution in [1.82, 2.24) is 9.13 Å². The first-order valence-corrected chi connectivity index (χ1v) is 12.0. The summed E-state index contributed by atoms with van der Waals surface area (Å²) in [6, 6.07) is 15.0. The molecule has 0 bridgehead atoms. The van der Waals surface area contributed by atoms with E-state index < -0.39 is 0 Å². The number of anilines is 1. The molecular weight excluding hydrogens is 426 g/mol. The molecule has 6 rings (SSSR count). The van der Waals surface area contributed by atoms with Crippen LogP contribution < -0.4 is 10.6 Å². The second-order valence-electron chi connectivity index (χ2n) is 9.71. The average Bonchev–Trinajstić information content (AvgIpc) is 3.45. The molecule has 2 aliphatic rings. The molecule has 2 amide bonds. The molecule has 3 aromatic carbocycles. The van der Waals surface area contributed by atoms with Crippen LogP contribution in [0.4, 0.5) is 5.69 Å². The van der Waals surface area contributed by atoms with Crippen molar-refractivity contribution < 1.29 is 9.59 Å². The smallest absolute Gasteiger partial charge is 0.295 e. The highest BCUT2D eigenvalue weighted by atomic mass is 16.2. The maximum atomic E-state index is 13.6. The molecule has 6 nitrogen and oxygen atoms in total. The van der Waals surface area contributed by atoms with E-state index in [1.54, 1.807) is 36.9 Å². The first-order chi connectivity index (χ1) is 16.5. The minimum absolute atomic E-state index is 0.149. The van der Waals surface area contributed by atoms with Crippen LogP contribution in [0.25, 0.3) is 21.8 Å². The highest BCUT2D eigenvalue weighted by molar-refractivity contribution is 6.36. The van der Waals surface area contributed by atoms with Crippen LogP contribution in [0.3, 0.4) is 0 Å². The lowest BCUT2D eigenvalue weighted by molar-refractivity contribution is 0.0893. The van der Waals surface area contributed by atoms with Gasteiger partial charge in [-0.05, 0) is 60.0 Å². The van der Waals surface area contributed by atoms with Crippen molar-refractivity contribution in [3.05, 3.63) is 75.7 Å². The van der Waals surface area contributed by atoms with E-state index in [9.17, 15) is 14.4 Å². The van der Waals surface area contributed by atoms with Gasteiger partial charge in [0.15, 0.2) is 0 Å². The number of aromatic nitrogens is 2. The number of carbonyl (C=O) groups excluding carboxylic acids is 2. The van der Waals surface area contributed by atoms with Gasteiger partial charge in [-0.15, -0.1) is 0 Å². The van der Waals surface area contributed by atoms with Gasteiger partial charge in [-0.3, -0.25) is 18.7 Å². The summed E-state index contributed by atoms with van der Waals surface area (Å²) in [7, 11) is 3.40. The van der Waals surface area contributed by atoms with Crippen molar-refractivity contribution in [2.75, 3.05) is 4.90 Å². The zero-order valence-electron chi connectivity index (χ0n) is 19.5. The van der Waals surface area contributed by atoms with Gasteiger partial charge in [0.05, 0.1) is 16.7 Å². The monoisotopic (exact) mass is 453 g/mol. The largest absolute Gasteiger partial charge is 0.328 e. The molecule has 172 valence electrons. The van der Waals surface area contributed by atoms with Crippen LogP contribution in [-0.4, -0.2) is 20.9 Å². The number of imidazole rings is 1. The van der Waals surface area contributed by atoms with Gasteiger partial charge in [-0.2, -0.15) is 0 Å². The van der Waals surface area contributed by atoms with Gasteiger partial charge in [0.25, 0.3) is 11.8 Å². The Bertz CT molecular complexity index is 1530. The number of fused-ring (bicyclic) bond motifs is 1. The van der Waals surface area contributed by atoms with E-state index >= 15 is 0 Å². The number of benzene rings is 3. The molecule has 0 spiro atoms. The van der Waals surface area contributed by atoms with Crippen LogP contribution in [0.15, 0.2) is 53.3 Å². The van der Waals surface area contributed by atoms with Gasteiger partial charge in [0.1, 0.15) is 0 Å². The Kier molecular flexibility index (Phi) is 4.73. The molecule has 1 aromatic heterocycles. The number of carbonyl (C=O) groups is 2. The van der Waals surface area contributed by atoms with E-state index in [1.807, 2.05) is 24.3 Å². The number of aryl methyl sites for hydroxylation is 3. The zero-order chi connectivity index (χ0) is 23.6. The molecule has 34 heavy (non-hydrogen) atoms. The number of hydrogen-bond acceptors (Lipinski definition) is 3. The summed E-state index contributed by atoms with van der Waals surface area (Å²) in [5.41, 5.74) is 4.07. The van der Waals surface area contributed by atoms with Gasteiger partial charge < -0.3 is 0 Å². The summed E-state index contributed by atoms with van der Waals surface area (Å²) in [6.45, 7) is 0. The molecule has 0 N–H and O–H groups in total. The summed E-state index contributed by atoms with van der Waals surface area (Å²) in [5.74, 6) is 0.140. The van der Waals surface area contributed by atoms with E-state index in [1.165, 1.54) is 40.7 Å². The number of nitrogens with zero attached hydrogens (tertiary/aromatic N) is 3. The molecule has 1 saturated carbocycles. The van der Waals surface area contributed by atoms with E-state index in [0.29, 0.717) is 22.3 Å². The Hall–Kier alpha value is -3.67. The minimum atomic E-state index is -0.323. The summed E-state index contributed by atoms with van der Waals surface area (Å²) in [5, 5.41) is 1.78. The lowest BCUT2D eigenvalue weighted by Gasteiger charge is -2.28. The second kappa shape index (κ2) is 7.69. The Labute approximate surface area is 197 Å². The fourth-order valence-electron chi connectivity index (χ4n) is 5.90. The van der Waals surface area contributed by atoms with Gasteiger partial charge >= 0.3 is 5.69 Å². The maximum Gasteiger partial charge on any atom is 0.328 e. The average molecular weight is 454 g/mol. The lowest BCUT2D eigenvalue weighted by Crippen LogP contribution is -2.40. The Morgan fingerprint density at radius 3 is 2.29 bits per heavy atom. The SMILES string of the molecule is Cn1c(=O)n(C)c2cc(N3C(=O)c4cccc5c(CCC6CCCC6)ccc(c45)C3=O)ccc21. The molecule has 0 saturated heterocycles. The van der Waals surface area contributed by atoms with E-state index in [0.717, 1.165) is 35.0 Å². The number of amides is 2. The van der Waals surface area contributed by atoms with E-state index in [4.69, 9.17) is 0 Å². The van der Waals surface area contributed by atoms with Crippen LogP contribution in [0, 0.1) is 5.92 Å². The molecule has 2 heterocycles. The third-order valence-corrected chi connectivity index (χ3v) is 7.81. The van der Waals surface area contributed by atoms with E-state index in [2.05, 4.69) is 6.07 Å². The quantitative estimate of drug-likeness (QED) is 0.411. The predicted octanol–water partition coefficient (Wildman–Crippen LogP) is 4.95. The Morgan fingerprint density at radius 1 is 0.824 bits per heavy atom. The topological polar surface area (TPSA) is 64.3 Å². The Morgan fingerprint density at radius 2 is 1.53 bits per heavy atom. The number of hydrogen-bond donors (Lipinski definition) is 0.